The summed E-state index contributed by atoms with van der Waals surface area (Å²) < 4.78 is 0. The molecule has 1 heterocycles. The van der Waals surface area contributed by atoms with Crippen molar-refractivity contribution >= 4 is 0 Å². The van der Waals surface area contributed by atoms with Crippen LogP contribution in [0.1, 0.15) is 65.7 Å². The second-order valence-electron chi connectivity index (χ2n) is 7.22. The Kier molecular flexibility index (Phi) is 6.15. The van der Waals surface area contributed by atoms with Crippen molar-refractivity contribution in [3.05, 3.63) is 0 Å². The largest absolute Gasteiger partial charge is 0.311 e. The van der Waals surface area contributed by atoms with E-state index in [1.54, 1.807) is 0 Å². The third-order valence-electron chi connectivity index (χ3n) is 5.13. The fraction of sp³-hybridized carbons (Fsp3) is 1.00. The summed E-state index contributed by atoms with van der Waals surface area (Å²) in [6, 6.07) is 1.37. The van der Waals surface area contributed by atoms with E-state index in [1.165, 1.54) is 64.6 Å². The molecule has 0 amide bonds. The molecular weight excluding hydrogens is 232 g/mol. The third kappa shape index (κ3) is 5.07. The van der Waals surface area contributed by atoms with Crippen LogP contribution in [0.5, 0.6) is 0 Å². The summed E-state index contributed by atoms with van der Waals surface area (Å²) in [6.45, 7) is 10.9. The molecule has 2 fully saturated rings. The summed E-state index contributed by atoms with van der Waals surface area (Å²) >= 11 is 0. The normalized spacial score (nSPS) is 33.8. The molecule has 2 heteroatoms. The number of hydrogen-bond acceptors (Lipinski definition) is 2. The number of hydrogen-bond donors (Lipinski definition) is 1. The molecule has 0 aromatic rings. The van der Waals surface area contributed by atoms with E-state index in [-0.39, 0.29) is 0 Å². The van der Waals surface area contributed by atoms with Crippen molar-refractivity contribution in [2.24, 2.45) is 11.8 Å². The minimum Gasteiger partial charge on any atom is -0.311 e. The summed E-state index contributed by atoms with van der Waals surface area (Å²) in [4.78, 5) is 2.74. The molecule has 0 spiro atoms. The second kappa shape index (κ2) is 7.64. The second-order valence-corrected chi connectivity index (χ2v) is 7.22. The molecule has 0 radical (unpaired) electrons. The van der Waals surface area contributed by atoms with E-state index >= 15 is 0 Å². The highest BCUT2D eigenvalue weighted by molar-refractivity contribution is 4.82. The Morgan fingerprint density at radius 3 is 2.37 bits per heavy atom. The van der Waals surface area contributed by atoms with Crippen LogP contribution in [-0.2, 0) is 0 Å². The van der Waals surface area contributed by atoms with Gasteiger partial charge in [0.1, 0.15) is 0 Å². The lowest BCUT2D eigenvalue weighted by molar-refractivity contribution is 0.136. The van der Waals surface area contributed by atoms with Gasteiger partial charge in [-0.05, 0) is 44.1 Å². The SMILES string of the molecule is CCC1CCC(CN2CCCC(NC(C)C)C2)CC1. The van der Waals surface area contributed by atoms with Crippen molar-refractivity contribution in [2.75, 3.05) is 19.6 Å². The first-order chi connectivity index (χ1) is 9.17. The molecule has 1 N–H and O–H groups in total. The van der Waals surface area contributed by atoms with Crippen molar-refractivity contribution in [3.8, 4) is 0 Å². The number of nitrogens with zero attached hydrogens (tertiary/aromatic N) is 1. The summed E-state index contributed by atoms with van der Waals surface area (Å²) in [6.07, 6.45) is 10.1. The van der Waals surface area contributed by atoms with Crippen LogP contribution in [-0.4, -0.2) is 36.6 Å². The van der Waals surface area contributed by atoms with Gasteiger partial charge in [-0.2, -0.15) is 0 Å². The zero-order valence-electron chi connectivity index (χ0n) is 13.3. The third-order valence-corrected chi connectivity index (χ3v) is 5.13. The van der Waals surface area contributed by atoms with Crippen molar-refractivity contribution in [2.45, 2.75) is 77.8 Å². The zero-order valence-corrected chi connectivity index (χ0v) is 13.3. The molecule has 1 atom stereocenters. The molecule has 112 valence electrons. The molecule has 0 aromatic carbocycles. The van der Waals surface area contributed by atoms with Gasteiger partial charge in [0.2, 0.25) is 0 Å². The van der Waals surface area contributed by atoms with Crippen LogP contribution >= 0.6 is 0 Å². The molecule has 2 nitrogen and oxygen atoms in total. The Bertz CT molecular complexity index is 244. The van der Waals surface area contributed by atoms with Crippen LogP contribution in [0.4, 0.5) is 0 Å². The van der Waals surface area contributed by atoms with Crippen molar-refractivity contribution in [1.82, 2.24) is 10.2 Å². The quantitative estimate of drug-likeness (QED) is 0.817. The minimum atomic E-state index is 0.630. The van der Waals surface area contributed by atoms with Crippen LogP contribution in [0.15, 0.2) is 0 Å². The van der Waals surface area contributed by atoms with Gasteiger partial charge in [0, 0.05) is 25.2 Å². The van der Waals surface area contributed by atoms with E-state index in [0.717, 1.165) is 17.9 Å². The monoisotopic (exact) mass is 266 g/mol. The van der Waals surface area contributed by atoms with Crippen LogP contribution in [0.2, 0.25) is 0 Å². The van der Waals surface area contributed by atoms with Crippen molar-refractivity contribution in [3.63, 3.8) is 0 Å². The Morgan fingerprint density at radius 2 is 1.74 bits per heavy atom. The standard InChI is InChI=1S/C17H34N2/c1-4-15-7-9-16(10-8-15)12-19-11-5-6-17(13-19)18-14(2)3/h14-18H,4-13H2,1-3H3. The highest BCUT2D eigenvalue weighted by Gasteiger charge is 2.25. The van der Waals surface area contributed by atoms with Gasteiger partial charge in [0.25, 0.3) is 0 Å². The van der Waals surface area contributed by atoms with Crippen molar-refractivity contribution in [1.29, 1.82) is 0 Å². The zero-order chi connectivity index (χ0) is 13.7. The van der Waals surface area contributed by atoms with Gasteiger partial charge in [-0.1, -0.05) is 40.0 Å². The van der Waals surface area contributed by atoms with Gasteiger partial charge >= 0.3 is 0 Å². The first-order valence-corrected chi connectivity index (χ1v) is 8.65. The lowest BCUT2D eigenvalue weighted by Crippen LogP contribution is -2.49. The van der Waals surface area contributed by atoms with Gasteiger partial charge in [-0.3, -0.25) is 0 Å². The molecule has 2 aliphatic rings. The van der Waals surface area contributed by atoms with E-state index in [4.69, 9.17) is 0 Å². The van der Waals surface area contributed by atoms with E-state index < -0.39 is 0 Å². The predicted octanol–water partition coefficient (Wildman–Crippen LogP) is 3.67. The predicted molar refractivity (Wildman–Crippen MR) is 83.5 cm³/mol. The van der Waals surface area contributed by atoms with Gasteiger partial charge < -0.3 is 10.2 Å². The highest BCUT2D eigenvalue weighted by atomic mass is 15.2. The maximum absolute atomic E-state index is 3.72. The lowest BCUT2D eigenvalue weighted by Gasteiger charge is -2.38. The van der Waals surface area contributed by atoms with E-state index in [9.17, 15) is 0 Å². The topological polar surface area (TPSA) is 15.3 Å². The van der Waals surface area contributed by atoms with E-state index in [2.05, 4.69) is 31.0 Å². The van der Waals surface area contributed by atoms with Crippen LogP contribution < -0.4 is 5.32 Å². The first-order valence-electron chi connectivity index (χ1n) is 8.65. The maximum Gasteiger partial charge on any atom is 0.0197 e. The highest BCUT2D eigenvalue weighted by Crippen LogP contribution is 2.31. The number of piperidine rings is 1. The van der Waals surface area contributed by atoms with Crippen molar-refractivity contribution < 1.29 is 0 Å². The van der Waals surface area contributed by atoms with E-state index in [1.807, 2.05) is 0 Å². The Labute approximate surface area is 120 Å². The molecule has 1 aliphatic heterocycles. The molecular formula is C17H34N2. The smallest absolute Gasteiger partial charge is 0.0197 e. The van der Waals surface area contributed by atoms with Gasteiger partial charge in [0.15, 0.2) is 0 Å². The maximum atomic E-state index is 3.72. The molecule has 1 saturated carbocycles. The summed E-state index contributed by atoms with van der Waals surface area (Å²) in [5.41, 5.74) is 0. The number of rotatable bonds is 5. The van der Waals surface area contributed by atoms with Gasteiger partial charge in [0.05, 0.1) is 0 Å². The molecule has 2 rings (SSSR count). The number of nitrogens with one attached hydrogen (secondary N) is 1. The van der Waals surface area contributed by atoms with Gasteiger partial charge in [-0.25, -0.2) is 0 Å². The fourth-order valence-electron chi connectivity index (χ4n) is 4.02. The summed E-state index contributed by atoms with van der Waals surface area (Å²) in [7, 11) is 0. The molecule has 19 heavy (non-hydrogen) atoms. The Balaban J connectivity index is 1.70. The minimum absolute atomic E-state index is 0.630. The van der Waals surface area contributed by atoms with Crippen LogP contribution in [0.25, 0.3) is 0 Å². The fourth-order valence-corrected chi connectivity index (χ4v) is 4.02. The molecule has 0 aromatic heterocycles. The van der Waals surface area contributed by atoms with Gasteiger partial charge in [-0.15, -0.1) is 0 Å². The Morgan fingerprint density at radius 1 is 1.05 bits per heavy atom. The molecule has 1 unspecified atom stereocenters. The molecule has 1 saturated heterocycles. The average molecular weight is 266 g/mol. The first kappa shape index (κ1) is 15.3. The van der Waals surface area contributed by atoms with E-state index in [0.29, 0.717) is 6.04 Å². The Hall–Kier alpha value is -0.0800. The molecule has 1 aliphatic carbocycles. The van der Waals surface area contributed by atoms with Crippen LogP contribution in [0, 0.1) is 11.8 Å². The number of likely N-dealkylation sites (tertiary alicyclic amines) is 1. The average Bonchev–Trinajstić information content (AvgIpc) is 2.39. The molecule has 0 bridgehead atoms. The summed E-state index contributed by atoms with van der Waals surface area (Å²) in [5, 5.41) is 3.72. The lowest BCUT2D eigenvalue weighted by atomic mass is 9.80. The van der Waals surface area contributed by atoms with Crippen LogP contribution in [0.3, 0.4) is 0 Å². The summed E-state index contributed by atoms with van der Waals surface area (Å²) in [5.74, 6) is 2.02.